The lowest BCUT2D eigenvalue weighted by molar-refractivity contribution is 0.392. The van der Waals surface area contributed by atoms with Crippen molar-refractivity contribution in [3.63, 3.8) is 0 Å². The highest BCUT2D eigenvalue weighted by atomic mass is 16.5. The van der Waals surface area contributed by atoms with Gasteiger partial charge in [-0.05, 0) is 19.9 Å². The maximum Gasteiger partial charge on any atom is 0.233 e. The molecule has 0 aliphatic heterocycles. The van der Waals surface area contributed by atoms with Crippen LogP contribution in [0.4, 0.5) is 0 Å². The molecule has 0 saturated heterocycles. The first-order valence-electron chi connectivity index (χ1n) is 5.59. The Hall–Kier alpha value is -2.08. The lowest BCUT2D eigenvalue weighted by Gasteiger charge is -2.09. The lowest BCUT2D eigenvalue weighted by atomic mass is 10.1. The quantitative estimate of drug-likeness (QED) is 0.876. The Bertz CT molecular complexity index is 539. The number of ether oxygens (including phenoxy) is 1. The molecule has 0 aliphatic rings. The molecule has 0 aromatic carbocycles. The molecule has 2 rings (SSSR count). The van der Waals surface area contributed by atoms with E-state index in [9.17, 15) is 0 Å². The van der Waals surface area contributed by atoms with Gasteiger partial charge in [0.2, 0.25) is 5.88 Å². The van der Waals surface area contributed by atoms with E-state index < -0.39 is 0 Å². The number of nitrogens with two attached hydrogens (primary N) is 1. The number of nitrogens with zero attached hydrogens (tertiary/aromatic N) is 4. The van der Waals surface area contributed by atoms with E-state index in [1.165, 1.54) is 0 Å². The second kappa shape index (κ2) is 5.05. The summed E-state index contributed by atoms with van der Waals surface area (Å²) >= 11 is 0. The van der Waals surface area contributed by atoms with E-state index >= 15 is 0 Å². The average molecular weight is 245 g/mol. The van der Waals surface area contributed by atoms with Gasteiger partial charge in [0.25, 0.3) is 0 Å². The molecule has 0 fully saturated rings. The Kier molecular flexibility index (Phi) is 3.47. The molecule has 2 aromatic heterocycles. The van der Waals surface area contributed by atoms with E-state index in [2.05, 4.69) is 20.2 Å². The monoisotopic (exact) mass is 245 g/mol. The van der Waals surface area contributed by atoms with Gasteiger partial charge >= 0.3 is 0 Å². The predicted octanol–water partition coefficient (Wildman–Crippen LogP) is 1.27. The number of hydrogen-bond acceptors (Lipinski definition) is 6. The van der Waals surface area contributed by atoms with E-state index in [0.29, 0.717) is 17.4 Å². The van der Waals surface area contributed by atoms with Gasteiger partial charge in [-0.15, -0.1) is 10.2 Å². The molecule has 2 heterocycles. The van der Waals surface area contributed by atoms with Crippen molar-refractivity contribution < 1.29 is 4.74 Å². The SMILES string of the molecule is COc1ccc(-c2ncc([C@@H](C)N)c(C)n2)nn1. The van der Waals surface area contributed by atoms with Crippen LogP contribution in [-0.2, 0) is 0 Å². The van der Waals surface area contributed by atoms with Crippen molar-refractivity contribution >= 4 is 0 Å². The van der Waals surface area contributed by atoms with Gasteiger partial charge in [0.1, 0.15) is 5.69 Å². The Morgan fingerprint density at radius 2 is 2.06 bits per heavy atom. The zero-order valence-electron chi connectivity index (χ0n) is 10.6. The lowest BCUT2D eigenvalue weighted by Crippen LogP contribution is -2.09. The molecule has 2 N–H and O–H groups in total. The predicted molar refractivity (Wildman–Crippen MR) is 66.9 cm³/mol. The minimum atomic E-state index is -0.0824. The summed E-state index contributed by atoms with van der Waals surface area (Å²) in [5.74, 6) is 0.995. The first-order valence-corrected chi connectivity index (χ1v) is 5.59. The molecular formula is C12H15N5O. The summed E-state index contributed by atoms with van der Waals surface area (Å²) in [5.41, 5.74) is 8.21. The Balaban J connectivity index is 2.36. The van der Waals surface area contributed by atoms with E-state index in [-0.39, 0.29) is 6.04 Å². The normalized spacial score (nSPS) is 12.2. The fourth-order valence-corrected chi connectivity index (χ4v) is 1.59. The van der Waals surface area contributed by atoms with Crippen molar-refractivity contribution in [1.29, 1.82) is 0 Å². The van der Waals surface area contributed by atoms with Crippen molar-refractivity contribution in [2.45, 2.75) is 19.9 Å². The van der Waals surface area contributed by atoms with Crippen LogP contribution in [0.1, 0.15) is 24.2 Å². The van der Waals surface area contributed by atoms with Crippen molar-refractivity contribution in [2.75, 3.05) is 7.11 Å². The van der Waals surface area contributed by atoms with Crippen LogP contribution in [0, 0.1) is 6.92 Å². The van der Waals surface area contributed by atoms with Gasteiger partial charge in [-0.3, -0.25) is 0 Å². The van der Waals surface area contributed by atoms with Crippen LogP contribution >= 0.6 is 0 Å². The molecule has 6 heteroatoms. The molecule has 6 nitrogen and oxygen atoms in total. The smallest absolute Gasteiger partial charge is 0.233 e. The van der Waals surface area contributed by atoms with Crippen LogP contribution < -0.4 is 10.5 Å². The van der Waals surface area contributed by atoms with Gasteiger partial charge < -0.3 is 10.5 Å². The molecule has 18 heavy (non-hydrogen) atoms. The third kappa shape index (κ3) is 2.43. The highest BCUT2D eigenvalue weighted by Gasteiger charge is 2.09. The van der Waals surface area contributed by atoms with Crippen LogP contribution in [0.5, 0.6) is 5.88 Å². The number of methoxy groups -OCH3 is 1. The van der Waals surface area contributed by atoms with Gasteiger partial charge in [0.15, 0.2) is 5.82 Å². The van der Waals surface area contributed by atoms with Crippen LogP contribution in [0.15, 0.2) is 18.3 Å². The molecule has 0 radical (unpaired) electrons. The molecule has 2 aromatic rings. The summed E-state index contributed by atoms with van der Waals surface area (Å²) in [4.78, 5) is 8.64. The van der Waals surface area contributed by atoms with Gasteiger partial charge in [0, 0.05) is 29.6 Å². The van der Waals surface area contributed by atoms with E-state index in [0.717, 1.165) is 11.3 Å². The second-order valence-corrected chi connectivity index (χ2v) is 3.98. The van der Waals surface area contributed by atoms with Crippen LogP contribution in [-0.4, -0.2) is 27.3 Å². The molecular weight excluding hydrogens is 230 g/mol. The highest BCUT2D eigenvalue weighted by Crippen LogP contribution is 2.17. The largest absolute Gasteiger partial charge is 0.480 e. The first-order chi connectivity index (χ1) is 8.61. The van der Waals surface area contributed by atoms with Gasteiger partial charge in [-0.2, -0.15) is 0 Å². The summed E-state index contributed by atoms with van der Waals surface area (Å²) in [6.45, 7) is 3.80. The molecule has 0 unspecified atom stereocenters. The zero-order valence-corrected chi connectivity index (χ0v) is 10.6. The van der Waals surface area contributed by atoms with E-state index in [1.54, 1.807) is 25.4 Å². The van der Waals surface area contributed by atoms with Gasteiger partial charge in [-0.25, -0.2) is 9.97 Å². The third-order valence-corrected chi connectivity index (χ3v) is 2.59. The molecule has 1 atom stereocenters. The summed E-state index contributed by atoms with van der Waals surface area (Å²) < 4.78 is 4.95. The molecule has 0 bridgehead atoms. The Morgan fingerprint density at radius 3 is 2.56 bits per heavy atom. The number of hydrogen-bond donors (Lipinski definition) is 1. The molecule has 0 spiro atoms. The zero-order chi connectivity index (χ0) is 13.1. The van der Waals surface area contributed by atoms with Crippen molar-refractivity contribution in [3.8, 4) is 17.4 Å². The minimum Gasteiger partial charge on any atom is -0.480 e. The Labute approximate surface area is 105 Å². The van der Waals surface area contributed by atoms with Crippen molar-refractivity contribution in [3.05, 3.63) is 29.6 Å². The minimum absolute atomic E-state index is 0.0824. The average Bonchev–Trinajstić information content (AvgIpc) is 2.38. The van der Waals surface area contributed by atoms with Crippen molar-refractivity contribution in [1.82, 2.24) is 20.2 Å². The summed E-state index contributed by atoms with van der Waals surface area (Å²) in [7, 11) is 1.54. The maximum atomic E-state index is 5.82. The van der Waals surface area contributed by atoms with Crippen molar-refractivity contribution in [2.24, 2.45) is 5.73 Å². The third-order valence-electron chi connectivity index (χ3n) is 2.59. The van der Waals surface area contributed by atoms with E-state index in [1.807, 2.05) is 13.8 Å². The number of rotatable bonds is 3. The fraction of sp³-hybridized carbons (Fsp3) is 0.333. The van der Waals surface area contributed by atoms with Gasteiger partial charge in [0.05, 0.1) is 7.11 Å². The maximum absolute atomic E-state index is 5.82. The van der Waals surface area contributed by atoms with Crippen LogP contribution in [0.25, 0.3) is 11.5 Å². The van der Waals surface area contributed by atoms with E-state index in [4.69, 9.17) is 10.5 Å². The number of aryl methyl sites for hydroxylation is 1. The number of aromatic nitrogens is 4. The fourth-order valence-electron chi connectivity index (χ4n) is 1.59. The summed E-state index contributed by atoms with van der Waals surface area (Å²) in [6.07, 6.45) is 1.73. The molecule has 0 aliphatic carbocycles. The Morgan fingerprint density at radius 1 is 1.28 bits per heavy atom. The standard InChI is InChI=1S/C12H15N5O/c1-7(13)9-6-14-12(15-8(9)2)10-4-5-11(18-3)17-16-10/h4-7H,13H2,1-3H3/t7-/m1/s1. The summed E-state index contributed by atoms with van der Waals surface area (Å²) in [6, 6.07) is 3.41. The molecule has 0 saturated carbocycles. The van der Waals surface area contributed by atoms with Crippen LogP contribution in [0.2, 0.25) is 0 Å². The first kappa shape index (κ1) is 12.4. The van der Waals surface area contributed by atoms with Crippen LogP contribution in [0.3, 0.4) is 0 Å². The summed E-state index contributed by atoms with van der Waals surface area (Å²) in [5, 5.41) is 7.89. The molecule has 94 valence electrons. The topological polar surface area (TPSA) is 86.8 Å². The second-order valence-electron chi connectivity index (χ2n) is 3.98. The van der Waals surface area contributed by atoms with Gasteiger partial charge in [-0.1, -0.05) is 0 Å². The molecule has 0 amide bonds. The highest BCUT2D eigenvalue weighted by molar-refractivity contribution is 5.49.